The predicted molar refractivity (Wildman–Crippen MR) is 87.3 cm³/mol. The largest absolute Gasteiger partial charge is 0.359 e. The standard InChI is InChI=1S/C14H20ClN3O.ClH/c1-3-17(4-2)7-8-18-10-14(19)16-12-9-11(15)5-6-13(12)18;/h5-6,9H,3-4,7-8,10H2,1-2H3,(H,16,19);1H. The summed E-state index contributed by atoms with van der Waals surface area (Å²) in [5.74, 6) is 0.0225. The summed E-state index contributed by atoms with van der Waals surface area (Å²) >= 11 is 5.97. The van der Waals surface area contributed by atoms with Gasteiger partial charge in [-0.25, -0.2) is 0 Å². The van der Waals surface area contributed by atoms with Gasteiger partial charge in [0, 0.05) is 18.1 Å². The van der Waals surface area contributed by atoms with Crippen LogP contribution in [-0.4, -0.2) is 43.5 Å². The predicted octanol–water partition coefficient (Wildman–Crippen LogP) is 2.86. The van der Waals surface area contributed by atoms with Crippen molar-refractivity contribution in [2.45, 2.75) is 13.8 Å². The SMILES string of the molecule is CCN(CC)CCN1CC(=O)Nc2cc(Cl)ccc21.Cl. The van der Waals surface area contributed by atoms with Crippen molar-refractivity contribution >= 4 is 41.3 Å². The van der Waals surface area contributed by atoms with E-state index in [0.717, 1.165) is 37.6 Å². The highest BCUT2D eigenvalue weighted by atomic mass is 35.5. The Bertz CT molecular complexity index is 464. The Morgan fingerprint density at radius 2 is 2.05 bits per heavy atom. The number of amides is 1. The van der Waals surface area contributed by atoms with Gasteiger partial charge in [-0.3, -0.25) is 4.79 Å². The minimum atomic E-state index is 0. The molecular weight excluding hydrogens is 297 g/mol. The van der Waals surface area contributed by atoms with Crippen LogP contribution in [0.1, 0.15) is 13.8 Å². The molecule has 1 aliphatic rings. The number of nitrogens with zero attached hydrogens (tertiary/aromatic N) is 2. The van der Waals surface area contributed by atoms with E-state index < -0.39 is 0 Å². The van der Waals surface area contributed by atoms with Crippen LogP contribution in [0, 0.1) is 0 Å². The summed E-state index contributed by atoms with van der Waals surface area (Å²) in [4.78, 5) is 16.2. The van der Waals surface area contributed by atoms with Crippen molar-refractivity contribution in [3.05, 3.63) is 23.2 Å². The lowest BCUT2D eigenvalue weighted by Gasteiger charge is -2.32. The van der Waals surface area contributed by atoms with E-state index >= 15 is 0 Å². The first-order chi connectivity index (χ1) is 9.13. The number of rotatable bonds is 5. The van der Waals surface area contributed by atoms with Crippen LogP contribution in [0.5, 0.6) is 0 Å². The quantitative estimate of drug-likeness (QED) is 0.907. The number of nitrogens with one attached hydrogen (secondary N) is 1. The zero-order valence-electron chi connectivity index (χ0n) is 11.9. The van der Waals surface area contributed by atoms with E-state index in [1.807, 2.05) is 12.1 Å². The molecule has 6 heteroatoms. The number of benzene rings is 1. The van der Waals surface area contributed by atoms with Crippen molar-refractivity contribution in [3.63, 3.8) is 0 Å². The molecule has 0 bridgehead atoms. The monoisotopic (exact) mass is 317 g/mol. The lowest BCUT2D eigenvalue weighted by Crippen LogP contribution is -2.42. The molecule has 1 aromatic rings. The van der Waals surface area contributed by atoms with Gasteiger partial charge in [0.25, 0.3) is 0 Å². The molecule has 0 saturated heterocycles. The second-order valence-corrected chi connectivity index (χ2v) is 5.09. The topological polar surface area (TPSA) is 35.6 Å². The molecule has 0 atom stereocenters. The molecule has 20 heavy (non-hydrogen) atoms. The van der Waals surface area contributed by atoms with Crippen LogP contribution in [0.25, 0.3) is 0 Å². The van der Waals surface area contributed by atoms with Gasteiger partial charge < -0.3 is 15.1 Å². The summed E-state index contributed by atoms with van der Waals surface area (Å²) in [6.45, 7) is 8.59. The first-order valence-electron chi connectivity index (χ1n) is 6.70. The van der Waals surface area contributed by atoms with Gasteiger partial charge in [-0.05, 0) is 31.3 Å². The summed E-state index contributed by atoms with van der Waals surface area (Å²) < 4.78 is 0. The van der Waals surface area contributed by atoms with Crippen molar-refractivity contribution in [1.82, 2.24) is 4.90 Å². The first-order valence-corrected chi connectivity index (χ1v) is 7.08. The number of anilines is 2. The molecule has 2 rings (SSSR count). The molecule has 0 aromatic heterocycles. The number of fused-ring (bicyclic) bond motifs is 1. The van der Waals surface area contributed by atoms with Crippen LogP contribution in [0.4, 0.5) is 11.4 Å². The Morgan fingerprint density at radius 3 is 2.70 bits per heavy atom. The molecule has 0 spiro atoms. The second-order valence-electron chi connectivity index (χ2n) is 4.66. The van der Waals surface area contributed by atoms with E-state index in [0.29, 0.717) is 11.6 Å². The molecule has 1 heterocycles. The average Bonchev–Trinajstić information content (AvgIpc) is 2.38. The fourth-order valence-corrected chi connectivity index (χ4v) is 2.51. The van der Waals surface area contributed by atoms with Gasteiger partial charge in [-0.2, -0.15) is 0 Å². The highest BCUT2D eigenvalue weighted by molar-refractivity contribution is 6.31. The Labute approximate surface area is 131 Å². The van der Waals surface area contributed by atoms with Gasteiger partial charge in [0.2, 0.25) is 5.91 Å². The third-order valence-corrected chi connectivity index (χ3v) is 3.72. The summed E-state index contributed by atoms with van der Waals surface area (Å²) in [6, 6.07) is 5.64. The van der Waals surface area contributed by atoms with E-state index in [9.17, 15) is 4.79 Å². The van der Waals surface area contributed by atoms with E-state index in [1.54, 1.807) is 6.07 Å². The molecule has 0 fully saturated rings. The minimum Gasteiger partial charge on any atom is -0.359 e. The number of carbonyl (C=O) groups is 1. The molecule has 0 saturated carbocycles. The second kappa shape index (κ2) is 7.72. The van der Waals surface area contributed by atoms with Crippen LogP contribution in [-0.2, 0) is 4.79 Å². The Morgan fingerprint density at radius 1 is 1.35 bits per heavy atom. The van der Waals surface area contributed by atoms with E-state index in [1.165, 1.54) is 0 Å². The van der Waals surface area contributed by atoms with Crippen LogP contribution < -0.4 is 10.2 Å². The zero-order chi connectivity index (χ0) is 13.8. The zero-order valence-corrected chi connectivity index (χ0v) is 13.4. The summed E-state index contributed by atoms with van der Waals surface area (Å²) in [6.07, 6.45) is 0. The molecule has 1 aromatic carbocycles. The van der Waals surface area contributed by atoms with Crippen molar-refractivity contribution in [3.8, 4) is 0 Å². The van der Waals surface area contributed by atoms with E-state index in [4.69, 9.17) is 11.6 Å². The summed E-state index contributed by atoms with van der Waals surface area (Å²) in [5, 5.41) is 3.51. The van der Waals surface area contributed by atoms with E-state index in [2.05, 4.69) is 29.0 Å². The molecule has 1 aliphatic heterocycles. The van der Waals surface area contributed by atoms with E-state index in [-0.39, 0.29) is 18.3 Å². The van der Waals surface area contributed by atoms with Crippen LogP contribution in [0.3, 0.4) is 0 Å². The Hall–Kier alpha value is -0.970. The van der Waals surface area contributed by atoms with Crippen LogP contribution in [0.2, 0.25) is 5.02 Å². The van der Waals surface area contributed by atoms with Gasteiger partial charge in [0.1, 0.15) is 0 Å². The van der Waals surface area contributed by atoms with Gasteiger partial charge in [0.15, 0.2) is 0 Å². The van der Waals surface area contributed by atoms with Crippen molar-refractivity contribution in [2.75, 3.05) is 42.9 Å². The van der Waals surface area contributed by atoms with Gasteiger partial charge in [-0.1, -0.05) is 25.4 Å². The lowest BCUT2D eigenvalue weighted by atomic mass is 10.2. The maximum absolute atomic E-state index is 11.7. The Balaban J connectivity index is 0.00000200. The van der Waals surface area contributed by atoms with Crippen LogP contribution in [0.15, 0.2) is 18.2 Å². The van der Waals surface area contributed by atoms with Gasteiger partial charge in [-0.15, -0.1) is 12.4 Å². The number of likely N-dealkylation sites (N-methyl/N-ethyl adjacent to an activating group) is 1. The maximum atomic E-state index is 11.7. The molecule has 1 N–H and O–H groups in total. The van der Waals surface area contributed by atoms with Crippen molar-refractivity contribution in [2.24, 2.45) is 0 Å². The number of halogens is 2. The maximum Gasteiger partial charge on any atom is 0.243 e. The van der Waals surface area contributed by atoms with Crippen LogP contribution >= 0.6 is 24.0 Å². The summed E-state index contributed by atoms with van der Waals surface area (Å²) in [5.41, 5.74) is 1.86. The highest BCUT2D eigenvalue weighted by Crippen LogP contribution is 2.31. The first kappa shape index (κ1) is 17.1. The van der Waals surface area contributed by atoms with Gasteiger partial charge in [0.05, 0.1) is 17.9 Å². The molecule has 112 valence electrons. The molecule has 1 amide bonds. The van der Waals surface area contributed by atoms with Gasteiger partial charge >= 0.3 is 0 Å². The summed E-state index contributed by atoms with van der Waals surface area (Å²) in [7, 11) is 0. The van der Waals surface area contributed by atoms with Crippen molar-refractivity contribution < 1.29 is 4.79 Å². The Kier molecular flexibility index (Phi) is 6.59. The normalized spacial score (nSPS) is 13.8. The number of hydrogen-bond acceptors (Lipinski definition) is 3. The molecule has 0 radical (unpaired) electrons. The molecule has 0 unspecified atom stereocenters. The number of carbonyl (C=O) groups excluding carboxylic acids is 1. The lowest BCUT2D eigenvalue weighted by molar-refractivity contribution is -0.115. The van der Waals surface area contributed by atoms with Crippen molar-refractivity contribution in [1.29, 1.82) is 0 Å². The fourth-order valence-electron chi connectivity index (χ4n) is 2.33. The highest BCUT2D eigenvalue weighted by Gasteiger charge is 2.22. The molecular formula is C14H21Cl2N3O. The minimum absolute atomic E-state index is 0. The average molecular weight is 318 g/mol. The molecule has 0 aliphatic carbocycles. The molecule has 4 nitrogen and oxygen atoms in total. The third-order valence-electron chi connectivity index (χ3n) is 3.49. The third kappa shape index (κ3) is 4.01. The number of hydrogen-bond donors (Lipinski definition) is 1. The smallest absolute Gasteiger partial charge is 0.243 e. The fraction of sp³-hybridized carbons (Fsp3) is 0.500.